The molecule has 0 saturated heterocycles. The summed E-state index contributed by atoms with van der Waals surface area (Å²) >= 11 is 0. The maximum Gasteiger partial charge on any atom is 0.137 e. The fourth-order valence-electron chi connectivity index (χ4n) is 6.35. The third-order valence-electron chi connectivity index (χ3n) is 8.23. The number of rotatable bonds is 3. The molecule has 0 amide bonds. The van der Waals surface area contributed by atoms with E-state index >= 15 is 0 Å². The van der Waals surface area contributed by atoms with Crippen molar-refractivity contribution in [2.45, 2.75) is 0 Å². The van der Waals surface area contributed by atoms with Crippen molar-refractivity contribution in [1.29, 1.82) is 0 Å². The first-order valence-corrected chi connectivity index (χ1v) is 13.9. The van der Waals surface area contributed by atoms with Gasteiger partial charge < -0.3 is 13.7 Å². The molecule has 192 valence electrons. The predicted octanol–water partition coefficient (Wildman–Crippen LogP) is 11.3. The first kappa shape index (κ1) is 22.3. The smallest absolute Gasteiger partial charge is 0.137 e. The van der Waals surface area contributed by atoms with Gasteiger partial charge in [0.15, 0.2) is 0 Å². The first-order chi connectivity index (χ1) is 20.3. The molecule has 9 rings (SSSR count). The quantitative estimate of drug-likeness (QED) is 0.215. The van der Waals surface area contributed by atoms with Crippen LogP contribution in [0.2, 0.25) is 0 Å². The van der Waals surface area contributed by atoms with Crippen LogP contribution < -0.4 is 4.90 Å². The minimum Gasteiger partial charge on any atom is -0.456 e. The van der Waals surface area contributed by atoms with Crippen LogP contribution in [0.3, 0.4) is 0 Å². The van der Waals surface area contributed by atoms with Crippen LogP contribution in [0.5, 0.6) is 0 Å². The minimum absolute atomic E-state index is 0.877. The van der Waals surface area contributed by atoms with Crippen LogP contribution in [0.25, 0.3) is 65.4 Å². The first-order valence-electron chi connectivity index (χ1n) is 13.9. The van der Waals surface area contributed by atoms with Crippen molar-refractivity contribution < 1.29 is 8.83 Å². The summed E-state index contributed by atoms with van der Waals surface area (Å²) in [5.41, 5.74) is 6.84. The molecule has 0 spiro atoms. The van der Waals surface area contributed by atoms with Gasteiger partial charge in [0.1, 0.15) is 22.3 Å². The van der Waals surface area contributed by atoms with E-state index in [-0.39, 0.29) is 0 Å². The summed E-state index contributed by atoms with van der Waals surface area (Å²) in [5.74, 6) is 0. The number of furan rings is 2. The molecule has 2 aromatic heterocycles. The Kier molecular flexibility index (Phi) is 4.61. The molecule has 3 nitrogen and oxygen atoms in total. The molecule has 7 aromatic carbocycles. The van der Waals surface area contributed by atoms with Crippen molar-refractivity contribution in [1.82, 2.24) is 0 Å². The molecule has 0 bridgehead atoms. The largest absolute Gasteiger partial charge is 0.456 e. The van der Waals surface area contributed by atoms with Gasteiger partial charge in [-0.15, -0.1) is 0 Å². The molecule has 0 N–H and O–H groups in total. The van der Waals surface area contributed by atoms with Crippen molar-refractivity contribution in [2.75, 3.05) is 4.90 Å². The second-order valence-electron chi connectivity index (χ2n) is 10.6. The zero-order chi connectivity index (χ0) is 26.9. The van der Waals surface area contributed by atoms with E-state index in [1.165, 1.54) is 21.5 Å². The van der Waals surface area contributed by atoms with Gasteiger partial charge in [-0.3, -0.25) is 0 Å². The lowest BCUT2D eigenvalue weighted by Crippen LogP contribution is -2.10. The summed E-state index contributed by atoms with van der Waals surface area (Å²) in [6, 6.07) is 49.0. The lowest BCUT2D eigenvalue weighted by atomic mass is 9.98. The van der Waals surface area contributed by atoms with E-state index in [2.05, 4.69) is 120 Å². The van der Waals surface area contributed by atoms with Crippen LogP contribution in [0.15, 0.2) is 148 Å². The van der Waals surface area contributed by atoms with Gasteiger partial charge in [-0.05, 0) is 70.8 Å². The van der Waals surface area contributed by atoms with Gasteiger partial charge in [-0.25, -0.2) is 0 Å². The normalized spacial score (nSPS) is 11.9. The summed E-state index contributed by atoms with van der Waals surface area (Å²) in [6.07, 6.45) is 0. The van der Waals surface area contributed by atoms with Gasteiger partial charge in [0, 0.05) is 44.4 Å². The van der Waals surface area contributed by atoms with Gasteiger partial charge in [0.2, 0.25) is 0 Å². The second-order valence-corrected chi connectivity index (χ2v) is 10.6. The van der Waals surface area contributed by atoms with E-state index in [9.17, 15) is 0 Å². The molecule has 0 aliphatic rings. The molecule has 9 aromatic rings. The van der Waals surface area contributed by atoms with Crippen LogP contribution in [0.1, 0.15) is 0 Å². The van der Waals surface area contributed by atoms with Crippen LogP contribution >= 0.6 is 0 Å². The number of nitrogens with zero attached hydrogens (tertiary/aromatic N) is 1. The maximum atomic E-state index is 6.29. The highest BCUT2D eigenvalue weighted by Crippen LogP contribution is 2.43. The molecule has 3 heteroatoms. The number of hydrogen-bond acceptors (Lipinski definition) is 3. The molecule has 0 unspecified atom stereocenters. The third kappa shape index (κ3) is 3.33. The van der Waals surface area contributed by atoms with Crippen LogP contribution in [-0.2, 0) is 0 Å². The average Bonchev–Trinajstić information content (AvgIpc) is 3.58. The Balaban J connectivity index is 1.30. The van der Waals surface area contributed by atoms with E-state index < -0.39 is 0 Å². The summed E-state index contributed by atoms with van der Waals surface area (Å²) < 4.78 is 12.6. The SMILES string of the molecule is c1ccc(N(c2ccc3c(c2)oc2ccccc23)c2cccc3c2ccc2cc4c(cc23)oc2ccccc24)cc1. The van der Waals surface area contributed by atoms with Crippen LogP contribution in [0.4, 0.5) is 17.1 Å². The van der Waals surface area contributed by atoms with Gasteiger partial charge >= 0.3 is 0 Å². The van der Waals surface area contributed by atoms with Gasteiger partial charge in [0.05, 0.1) is 5.69 Å². The summed E-state index contributed by atoms with van der Waals surface area (Å²) in [5, 5.41) is 9.28. The van der Waals surface area contributed by atoms with Crippen LogP contribution in [0, 0.1) is 0 Å². The number of anilines is 3. The lowest BCUT2D eigenvalue weighted by Gasteiger charge is -2.27. The van der Waals surface area contributed by atoms with Crippen molar-refractivity contribution in [2.24, 2.45) is 0 Å². The van der Waals surface area contributed by atoms with Crippen molar-refractivity contribution >= 4 is 82.5 Å². The summed E-state index contributed by atoms with van der Waals surface area (Å²) in [7, 11) is 0. The fourth-order valence-corrected chi connectivity index (χ4v) is 6.35. The maximum absolute atomic E-state index is 6.29. The highest BCUT2D eigenvalue weighted by molar-refractivity contribution is 6.18. The molecule has 0 fully saturated rings. The zero-order valence-corrected chi connectivity index (χ0v) is 22.0. The highest BCUT2D eigenvalue weighted by atomic mass is 16.3. The average molecular weight is 526 g/mol. The Bertz CT molecular complexity index is 2430. The second kappa shape index (κ2) is 8.48. The Morgan fingerprint density at radius 3 is 1.78 bits per heavy atom. The standard InChI is InChI=1S/C38H23NO2/c1-2-9-25(10-3-1)39(26-18-20-31-29-11-4-6-15-35(29)40-37(31)22-26)34-14-8-13-27-28(34)19-17-24-21-33-30-12-5-7-16-36(30)41-38(33)23-32(24)27/h1-23H. The fraction of sp³-hybridized carbons (Fsp3) is 0. The van der Waals surface area contributed by atoms with Crippen LogP contribution in [-0.4, -0.2) is 0 Å². The van der Waals surface area contributed by atoms with E-state index in [0.29, 0.717) is 0 Å². The van der Waals surface area contributed by atoms with E-state index in [4.69, 9.17) is 8.83 Å². The molecule has 41 heavy (non-hydrogen) atoms. The minimum atomic E-state index is 0.877. The number of fused-ring (bicyclic) bond motifs is 9. The van der Waals surface area contributed by atoms with Crippen molar-refractivity contribution in [3.63, 3.8) is 0 Å². The number of hydrogen-bond donors (Lipinski definition) is 0. The van der Waals surface area contributed by atoms with Gasteiger partial charge in [-0.2, -0.15) is 0 Å². The van der Waals surface area contributed by atoms with Gasteiger partial charge in [0.25, 0.3) is 0 Å². The molecule has 0 aliphatic heterocycles. The Morgan fingerprint density at radius 1 is 0.341 bits per heavy atom. The van der Waals surface area contributed by atoms with Crippen molar-refractivity contribution in [3.8, 4) is 0 Å². The predicted molar refractivity (Wildman–Crippen MR) is 171 cm³/mol. The number of benzene rings is 7. The summed E-state index contributed by atoms with van der Waals surface area (Å²) in [4.78, 5) is 2.32. The Hall–Kier alpha value is -5.54. The molecular weight excluding hydrogens is 502 g/mol. The van der Waals surface area contributed by atoms with Crippen molar-refractivity contribution in [3.05, 3.63) is 140 Å². The topological polar surface area (TPSA) is 29.5 Å². The molecule has 0 radical (unpaired) electrons. The van der Waals surface area contributed by atoms with E-state index in [1.54, 1.807) is 0 Å². The summed E-state index contributed by atoms with van der Waals surface area (Å²) in [6.45, 7) is 0. The Morgan fingerprint density at radius 2 is 0.976 bits per heavy atom. The Labute approximate surface area is 235 Å². The monoisotopic (exact) mass is 525 g/mol. The van der Waals surface area contributed by atoms with E-state index in [0.717, 1.165) is 60.9 Å². The molecule has 2 heterocycles. The highest BCUT2D eigenvalue weighted by Gasteiger charge is 2.18. The zero-order valence-electron chi connectivity index (χ0n) is 22.0. The lowest BCUT2D eigenvalue weighted by molar-refractivity contribution is 0.669. The third-order valence-corrected chi connectivity index (χ3v) is 8.23. The number of para-hydroxylation sites is 3. The van der Waals surface area contributed by atoms with E-state index in [1.807, 2.05) is 24.3 Å². The molecule has 0 saturated carbocycles. The molecule has 0 aliphatic carbocycles. The van der Waals surface area contributed by atoms with Gasteiger partial charge in [-0.1, -0.05) is 78.9 Å². The molecular formula is C38H23NO2. The molecule has 0 atom stereocenters.